The number of rotatable bonds is 11. The summed E-state index contributed by atoms with van der Waals surface area (Å²) in [6, 6.07) is 6.53. The maximum atomic E-state index is 12.4. The second-order valence-corrected chi connectivity index (χ2v) is 11.0. The lowest BCUT2D eigenvalue weighted by atomic mass is 10.1. The zero-order chi connectivity index (χ0) is 36.7. The molecule has 21 heteroatoms. The van der Waals surface area contributed by atoms with Crippen LogP contribution in [0.25, 0.3) is 11.2 Å². The van der Waals surface area contributed by atoms with E-state index < -0.39 is 60.7 Å². The largest absolute Gasteiger partial charge is 0.481 e. The number of anilines is 4. The van der Waals surface area contributed by atoms with E-state index in [9.17, 15) is 34.5 Å². The van der Waals surface area contributed by atoms with Crippen LogP contribution in [0.3, 0.4) is 0 Å². The first-order valence-corrected chi connectivity index (χ1v) is 14.8. The molecule has 0 radical (unpaired) electrons. The van der Waals surface area contributed by atoms with Crippen LogP contribution >= 0.6 is 0 Å². The predicted octanol–water partition coefficient (Wildman–Crippen LogP) is -2.29. The van der Waals surface area contributed by atoms with Crippen LogP contribution in [-0.2, 0) is 20.9 Å². The van der Waals surface area contributed by atoms with Gasteiger partial charge in [-0.25, -0.2) is 19.6 Å². The van der Waals surface area contributed by atoms with Gasteiger partial charge in [0.1, 0.15) is 30.2 Å². The van der Waals surface area contributed by atoms with E-state index in [1.54, 1.807) is 18.3 Å². The number of nitrogen functional groups attached to an aromatic ring is 3. The summed E-state index contributed by atoms with van der Waals surface area (Å²) in [7, 11) is 1.82. The fourth-order valence-electron chi connectivity index (χ4n) is 4.76. The SMILES string of the molecule is CN(Cc1cnc2nc(N)nc(N)c2n1)c1ccc(C(=O)NC(CCC(=O)O)C(=O)O)cc1.Nc1ccn([C@@H]2O[C@H](CO)[C@@H](O)[C@@H]2O)c(=O)n1. The van der Waals surface area contributed by atoms with Crippen molar-refractivity contribution < 1.29 is 44.7 Å². The fraction of sp³-hybridized carbons (Fsp3) is 0.345. The van der Waals surface area contributed by atoms with E-state index in [0.717, 1.165) is 10.3 Å². The molecule has 1 aliphatic rings. The van der Waals surface area contributed by atoms with E-state index in [1.165, 1.54) is 24.4 Å². The maximum Gasteiger partial charge on any atom is 0.351 e. The van der Waals surface area contributed by atoms with Crippen LogP contribution in [0.5, 0.6) is 0 Å². The highest BCUT2D eigenvalue weighted by Gasteiger charge is 2.43. The van der Waals surface area contributed by atoms with Crippen molar-refractivity contribution in [1.29, 1.82) is 0 Å². The number of carboxylic acid groups (broad SMARTS) is 2. The van der Waals surface area contributed by atoms with Gasteiger partial charge in [-0.15, -0.1) is 0 Å². The number of nitrogens with one attached hydrogen (secondary N) is 1. The highest BCUT2D eigenvalue weighted by Crippen LogP contribution is 2.28. The van der Waals surface area contributed by atoms with Gasteiger partial charge in [0.05, 0.1) is 25.0 Å². The lowest BCUT2D eigenvalue weighted by Gasteiger charge is -2.19. The number of aromatic nitrogens is 6. The molecule has 4 aromatic rings. The number of fused-ring (bicyclic) bond motifs is 1. The number of ether oxygens (including phenoxy) is 1. The minimum atomic E-state index is -1.31. The molecule has 266 valence electrons. The molecule has 0 saturated carbocycles. The number of amides is 1. The van der Waals surface area contributed by atoms with Gasteiger partial charge in [0.2, 0.25) is 5.95 Å². The molecule has 5 atom stereocenters. The van der Waals surface area contributed by atoms with Crippen molar-refractivity contribution in [3.8, 4) is 0 Å². The lowest BCUT2D eigenvalue weighted by Crippen LogP contribution is -2.41. The molecule has 1 fully saturated rings. The summed E-state index contributed by atoms with van der Waals surface area (Å²) in [4.78, 5) is 67.7. The van der Waals surface area contributed by atoms with E-state index in [2.05, 4.69) is 30.2 Å². The molecule has 0 aliphatic carbocycles. The van der Waals surface area contributed by atoms with Crippen LogP contribution < -0.4 is 33.1 Å². The van der Waals surface area contributed by atoms with Crippen molar-refractivity contribution in [2.24, 2.45) is 0 Å². The van der Waals surface area contributed by atoms with Gasteiger partial charge in [0.15, 0.2) is 23.2 Å². The minimum absolute atomic E-state index is 0.0138. The molecule has 5 rings (SSSR count). The lowest BCUT2D eigenvalue weighted by molar-refractivity contribution is -0.140. The monoisotopic (exact) mass is 697 g/mol. The summed E-state index contributed by atoms with van der Waals surface area (Å²) in [5, 5.41) is 48.4. The number of aliphatic carboxylic acids is 2. The molecule has 1 aliphatic heterocycles. The molecule has 1 aromatic carbocycles. The first-order valence-electron chi connectivity index (χ1n) is 14.8. The summed E-state index contributed by atoms with van der Waals surface area (Å²) in [6.07, 6.45) is -2.30. The van der Waals surface area contributed by atoms with Crippen LogP contribution in [-0.4, -0.2) is 111 Å². The van der Waals surface area contributed by atoms with Crippen LogP contribution in [0.2, 0.25) is 0 Å². The zero-order valence-corrected chi connectivity index (χ0v) is 26.4. The van der Waals surface area contributed by atoms with Crippen LogP contribution in [0.15, 0.2) is 47.5 Å². The molecule has 1 saturated heterocycles. The van der Waals surface area contributed by atoms with Crippen molar-refractivity contribution in [3.63, 3.8) is 0 Å². The Morgan fingerprint density at radius 3 is 2.32 bits per heavy atom. The Bertz CT molecular complexity index is 1910. The number of hydrogen-bond donors (Lipinski definition) is 9. The van der Waals surface area contributed by atoms with Gasteiger partial charge >= 0.3 is 17.6 Å². The Morgan fingerprint density at radius 1 is 1.02 bits per heavy atom. The molecule has 1 amide bonds. The first-order chi connectivity index (χ1) is 23.7. The average molecular weight is 698 g/mol. The minimum Gasteiger partial charge on any atom is -0.481 e. The van der Waals surface area contributed by atoms with Gasteiger partial charge in [-0.05, 0) is 36.8 Å². The van der Waals surface area contributed by atoms with Crippen LogP contribution in [0.1, 0.15) is 35.1 Å². The van der Waals surface area contributed by atoms with Gasteiger partial charge < -0.3 is 57.7 Å². The van der Waals surface area contributed by atoms with Crippen molar-refractivity contribution in [1.82, 2.24) is 34.8 Å². The number of nitrogens with two attached hydrogens (primary N) is 3. The summed E-state index contributed by atoms with van der Waals surface area (Å²) >= 11 is 0. The highest BCUT2D eigenvalue weighted by molar-refractivity contribution is 5.97. The Hall–Kier alpha value is -6.03. The molecule has 1 unspecified atom stereocenters. The molecule has 3 aromatic heterocycles. The third-order valence-electron chi connectivity index (χ3n) is 7.36. The summed E-state index contributed by atoms with van der Waals surface area (Å²) < 4.78 is 6.19. The Labute approximate surface area is 282 Å². The normalized spacial score (nSPS) is 18.9. The number of benzene rings is 1. The van der Waals surface area contributed by atoms with E-state index in [0.29, 0.717) is 23.4 Å². The summed E-state index contributed by atoms with van der Waals surface area (Å²) in [5.41, 5.74) is 18.3. The molecule has 21 nitrogen and oxygen atoms in total. The van der Waals surface area contributed by atoms with Gasteiger partial charge in [-0.2, -0.15) is 15.0 Å². The Morgan fingerprint density at radius 2 is 1.72 bits per heavy atom. The van der Waals surface area contributed by atoms with Crippen LogP contribution in [0, 0.1) is 0 Å². The second-order valence-electron chi connectivity index (χ2n) is 11.0. The fourth-order valence-corrected chi connectivity index (χ4v) is 4.76. The number of aliphatic hydroxyl groups excluding tert-OH is 3. The molecule has 12 N–H and O–H groups in total. The third kappa shape index (κ3) is 8.90. The molecule has 4 heterocycles. The standard InChI is InChI=1S/C20H22N8O5.C9H13N3O5/c1-28(9-11-8-23-17-15(24-11)16(21)26-20(22)27-17)12-4-2-10(3-5-12)18(31)25-13(19(32)33)6-7-14(29)30;10-5-1-2-12(9(16)11-5)8-7(15)6(14)4(3-13)17-8/h2-5,8,13H,6-7,9H2,1H3,(H,25,31)(H,29,30)(H,32,33)(H4,21,22,23,26,27);1-2,4,6-8,13-15H,3H2,(H2,10,11,16)/t;4-,6-,7+,8-/m.1/s1. The summed E-state index contributed by atoms with van der Waals surface area (Å²) in [6.45, 7) is -0.0829. The number of aliphatic hydroxyl groups is 3. The van der Waals surface area contributed by atoms with Crippen molar-refractivity contribution in [2.45, 2.75) is 50.0 Å². The number of carbonyl (C=O) groups excluding carboxylic acids is 1. The van der Waals surface area contributed by atoms with Crippen molar-refractivity contribution in [2.75, 3.05) is 35.8 Å². The third-order valence-corrected chi connectivity index (χ3v) is 7.36. The van der Waals surface area contributed by atoms with Crippen molar-refractivity contribution in [3.05, 3.63) is 64.5 Å². The Balaban J connectivity index is 0.000000276. The summed E-state index contributed by atoms with van der Waals surface area (Å²) in [5.74, 6) is -2.85. The quantitative estimate of drug-likeness (QED) is 0.0795. The van der Waals surface area contributed by atoms with E-state index >= 15 is 0 Å². The van der Waals surface area contributed by atoms with E-state index in [-0.39, 0.29) is 36.0 Å². The zero-order valence-electron chi connectivity index (χ0n) is 26.4. The van der Waals surface area contributed by atoms with Gasteiger partial charge in [-0.3, -0.25) is 14.2 Å². The number of carboxylic acids is 2. The predicted molar refractivity (Wildman–Crippen MR) is 174 cm³/mol. The molecule has 50 heavy (non-hydrogen) atoms. The maximum absolute atomic E-state index is 12.4. The molecular formula is C29H35N11O10. The number of hydrogen-bond acceptors (Lipinski definition) is 17. The van der Waals surface area contributed by atoms with Gasteiger partial charge in [-0.1, -0.05) is 0 Å². The molecular weight excluding hydrogens is 662 g/mol. The van der Waals surface area contributed by atoms with Crippen LogP contribution in [0.4, 0.5) is 23.3 Å². The second kappa shape index (κ2) is 15.9. The average Bonchev–Trinajstić information content (AvgIpc) is 3.35. The molecule has 0 bridgehead atoms. The topological polar surface area (TPSA) is 341 Å². The first kappa shape index (κ1) is 36.8. The smallest absolute Gasteiger partial charge is 0.351 e. The van der Waals surface area contributed by atoms with E-state index in [4.69, 9.17) is 32.2 Å². The van der Waals surface area contributed by atoms with Gasteiger partial charge in [0.25, 0.3) is 5.91 Å². The highest BCUT2D eigenvalue weighted by atomic mass is 16.6. The van der Waals surface area contributed by atoms with Gasteiger partial charge in [0, 0.05) is 30.9 Å². The number of carbonyl (C=O) groups is 3. The molecule has 0 spiro atoms. The van der Waals surface area contributed by atoms with Crippen molar-refractivity contribution >= 4 is 52.3 Å². The van der Waals surface area contributed by atoms with E-state index in [1.807, 2.05) is 11.9 Å². The Kier molecular flexibility index (Phi) is 11.7. The number of nitrogens with zero attached hydrogens (tertiary/aromatic N) is 7.